The minimum atomic E-state index is -1.40. The zero-order valence-electron chi connectivity index (χ0n) is 37.1. The molecule has 3 saturated heterocycles. The lowest BCUT2D eigenvalue weighted by molar-refractivity contribution is -0.494. The molecule has 16 nitrogen and oxygen atoms in total. The Morgan fingerprint density at radius 3 is 2.38 bits per heavy atom. The first-order chi connectivity index (χ1) is 28.4. The van der Waals surface area contributed by atoms with Gasteiger partial charge in [0.2, 0.25) is 6.67 Å². The van der Waals surface area contributed by atoms with Crippen LogP contribution in [-0.4, -0.2) is 147 Å². The summed E-state index contributed by atoms with van der Waals surface area (Å²) in [5.74, 6) is -4.47. The molecule has 332 valence electrons. The Morgan fingerprint density at radius 2 is 1.73 bits per heavy atom. The quantitative estimate of drug-likeness (QED) is 0.151. The Bertz CT molecular complexity index is 1880. The van der Waals surface area contributed by atoms with Crippen molar-refractivity contribution in [2.45, 2.75) is 142 Å². The van der Waals surface area contributed by atoms with Gasteiger partial charge in [0, 0.05) is 44.3 Å². The first-order valence-corrected chi connectivity index (χ1v) is 21.5. The molecule has 3 fully saturated rings. The number of cyclic esters (lactones) is 1. The number of fused-ring (bicyclic) bond motifs is 1. The van der Waals surface area contributed by atoms with E-state index in [9.17, 15) is 24.7 Å². The van der Waals surface area contributed by atoms with E-state index in [0.29, 0.717) is 31.6 Å². The predicted octanol–water partition coefficient (Wildman–Crippen LogP) is 4.71. The highest BCUT2D eigenvalue weighted by atomic mass is 16.7. The molecular weight excluding hydrogens is 773 g/mol. The molecule has 2 aromatic rings. The van der Waals surface area contributed by atoms with Crippen molar-refractivity contribution >= 4 is 23.6 Å². The van der Waals surface area contributed by atoms with Gasteiger partial charge in [0.15, 0.2) is 23.4 Å². The first kappa shape index (κ1) is 45.6. The summed E-state index contributed by atoms with van der Waals surface area (Å²) >= 11 is 0. The number of Topliss-reactive ketones (excluding diaryl/α,β-unsaturated/α-hetero) is 1. The average molecular weight is 839 g/mol. The van der Waals surface area contributed by atoms with Crippen LogP contribution in [0.1, 0.15) is 81.1 Å². The van der Waals surface area contributed by atoms with Crippen molar-refractivity contribution in [3.05, 3.63) is 47.8 Å². The first-order valence-electron chi connectivity index (χ1n) is 21.5. The highest BCUT2D eigenvalue weighted by Gasteiger charge is 2.64. The number of hydrazine groups is 1. The fraction of sp³-hybridized carbons (Fsp3) is 0.705. The third-order valence-electron chi connectivity index (χ3n) is 13.5. The van der Waals surface area contributed by atoms with Crippen LogP contribution in [0.3, 0.4) is 0 Å². The minimum Gasteiger partial charge on any atom is -0.623 e. The number of carbonyl (C=O) groups is 3. The van der Waals surface area contributed by atoms with Gasteiger partial charge in [-0.2, -0.15) is 14.8 Å². The number of ether oxygens (including phenoxy) is 5. The number of carbonyl (C=O) groups excluding carboxylic acids is 3. The van der Waals surface area contributed by atoms with Gasteiger partial charge in [-0.1, -0.05) is 58.0 Å². The topological polar surface area (TPSA) is 171 Å². The highest BCUT2D eigenvalue weighted by Crippen LogP contribution is 2.45. The molecule has 0 spiro atoms. The Kier molecular flexibility index (Phi) is 13.8. The highest BCUT2D eigenvalue weighted by molar-refractivity contribution is 6.00. The van der Waals surface area contributed by atoms with Crippen LogP contribution in [0.25, 0.3) is 11.3 Å². The van der Waals surface area contributed by atoms with Gasteiger partial charge in [-0.15, -0.1) is 0 Å². The molecule has 1 N–H and O–H groups in total. The van der Waals surface area contributed by atoms with Crippen LogP contribution in [0.2, 0.25) is 0 Å². The van der Waals surface area contributed by atoms with E-state index in [1.54, 1.807) is 30.1 Å². The molecule has 1 amide bonds. The number of amides is 1. The van der Waals surface area contributed by atoms with Crippen molar-refractivity contribution in [3.8, 4) is 11.3 Å². The molecule has 6 rings (SSSR count). The van der Waals surface area contributed by atoms with Gasteiger partial charge in [-0.3, -0.25) is 14.3 Å². The molecule has 16 heteroatoms. The SMILES string of the molecule is CC[C@H]1OC(=O)[C@H](C)C(=O)[C@H](C)[C@@H](O[C@@H]2O[C@H](C)C[C@H](N(C)C)[C@H]2O)[C@@](C)(OC)C[C@@H](C)C2=[N+]([O-])CN(CCCn3nccc3-c3ccccc3)N3C(=O)O[C@@]1(C)[C@H]3[C@H]2C. The number of hydrogen-bond donors (Lipinski definition) is 1. The van der Waals surface area contributed by atoms with Gasteiger partial charge in [0.05, 0.1) is 29.4 Å². The molecule has 4 aliphatic rings. The number of nitrogens with zero attached hydrogens (tertiary/aromatic N) is 6. The lowest BCUT2D eigenvalue weighted by atomic mass is 9.73. The van der Waals surface area contributed by atoms with Crippen LogP contribution >= 0.6 is 0 Å². The van der Waals surface area contributed by atoms with Crippen molar-refractivity contribution in [2.75, 3.05) is 34.4 Å². The molecular formula is C44H66N6O10. The molecule has 1 aromatic heterocycles. The second-order valence-electron chi connectivity index (χ2n) is 18.0. The van der Waals surface area contributed by atoms with E-state index in [0.717, 1.165) is 16.0 Å². The molecule has 0 aliphatic carbocycles. The summed E-state index contributed by atoms with van der Waals surface area (Å²) in [4.78, 5) is 44.7. The van der Waals surface area contributed by atoms with Crippen molar-refractivity contribution in [1.82, 2.24) is 24.7 Å². The second kappa shape index (κ2) is 18.2. The zero-order valence-corrected chi connectivity index (χ0v) is 37.1. The number of rotatable bonds is 10. The average Bonchev–Trinajstić information content (AvgIpc) is 3.76. The molecule has 0 saturated carbocycles. The largest absolute Gasteiger partial charge is 0.623 e. The van der Waals surface area contributed by atoms with Gasteiger partial charge >= 0.3 is 12.1 Å². The number of aliphatic hydroxyl groups excluding tert-OH is 1. The van der Waals surface area contributed by atoms with Crippen LogP contribution in [0, 0.1) is 28.9 Å². The van der Waals surface area contributed by atoms with Crippen LogP contribution in [-0.2, 0) is 39.8 Å². The summed E-state index contributed by atoms with van der Waals surface area (Å²) < 4.78 is 34.6. The predicted molar refractivity (Wildman–Crippen MR) is 222 cm³/mol. The van der Waals surface area contributed by atoms with Crippen LogP contribution in [0.15, 0.2) is 42.6 Å². The van der Waals surface area contributed by atoms with Crippen molar-refractivity contribution in [2.24, 2.45) is 23.7 Å². The number of ketones is 1. The van der Waals surface area contributed by atoms with E-state index in [4.69, 9.17) is 23.7 Å². The number of esters is 1. The lowest BCUT2D eigenvalue weighted by Gasteiger charge is -2.47. The molecule has 60 heavy (non-hydrogen) atoms. The lowest BCUT2D eigenvalue weighted by Crippen LogP contribution is -2.61. The molecule has 2 bridgehead atoms. The van der Waals surface area contributed by atoms with E-state index >= 15 is 0 Å². The van der Waals surface area contributed by atoms with Gasteiger partial charge in [-0.05, 0) is 79.1 Å². The number of aromatic nitrogens is 2. The van der Waals surface area contributed by atoms with Crippen molar-refractivity contribution < 1.29 is 47.9 Å². The van der Waals surface area contributed by atoms with Crippen LogP contribution in [0.4, 0.5) is 4.79 Å². The smallest absolute Gasteiger partial charge is 0.425 e. The number of benzene rings is 1. The van der Waals surface area contributed by atoms with Crippen LogP contribution < -0.4 is 0 Å². The van der Waals surface area contributed by atoms with Gasteiger partial charge in [-0.25, -0.2) is 9.80 Å². The standard InChI is InChI=1S/C44H66N6O10/c1-12-34-44(8)38-28(4)35(49(55)25-47(50(38)42(54)60-44)21-16-22-48-32(19-20-45-48)31-17-14-13-15-18-31)26(2)24-43(7,56-11)39(29(5)36(51)30(6)40(53)58-34)59-41-37(52)33(46(9)10)23-27(3)57-41/h13-15,17-20,26-30,33-34,37-39,41,52H,12,16,21-25H2,1-11H3/t26-,27-,28+,29+,30-,33+,34-,37-,38-,39-,41+,43+,44-/m1/s1. The van der Waals surface area contributed by atoms with Crippen molar-refractivity contribution in [3.63, 3.8) is 0 Å². The summed E-state index contributed by atoms with van der Waals surface area (Å²) in [6.45, 7) is 15.0. The minimum absolute atomic E-state index is 0.172. The molecule has 1 aromatic carbocycles. The number of hydrogen-bond acceptors (Lipinski definition) is 13. The molecule has 0 radical (unpaired) electrons. The zero-order chi connectivity index (χ0) is 43.8. The number of hydroxylamine groups is 1. The van der Waals surface area contributed by atoms with Gasteiger partial charge < -0.3 is 38.9 Å². The Morgan fingerprint density at radius 1 is 1.03 bits per heavy atom. The monoisotopic (exact) mass is 838 g/mol. The number of aliphatic hydroxyl groups is 1. The van der Waals surface area contributed by atoms with Crippen molar-refractivity contribution in [1.29, 1.82) is 0 Å². The Balaban J connectivity index is 1.40. The second-order valence-corrected chi connectivity index (χ2v) is 18.0. The number of likely N-dealkylation sites (N-methyl/N-ethyl adjacent to an activating group) is 1. The fourth-order valence-electron chi connectivity index (χ4n) is 10.4. The normalized spacial score (nSPS) is 37.2. The van der Waals surface area contributed by atoms with E-state index < -0.39 is 83.4 Å². The summed E-state index contributed by atoms with van der Waals surface area (Å²) in [5, 5.41) is 34.1. The van der Waals surface area contributed by atoms with E-state index in [1.165, 1.54) is 14.0 Å². The summed E-state index contributed by atoms with van der Waals surface area (Å²) in [6, 6.07) is 10.9. The Labute approximate surface area is 354 Å². The van der Waals surface area contributed by atoms with E-state index in [1.807, 2.05) is 94.7 Å². The number of aryl methyl sites for hydroxylation is 1. The van der Waals surface area contributed by atoms with E-state index in [-0.39, 0.29) is 31.7 Å². The fourth-order valence-corrected chi connectivity index (χ4v) is 10.4. The molecule has 5 heterocycles. The van der Waals surface area contributed by atoms with Crippen LogP contribution in [0.5, 0.6) is 0 Å². The maximum Gasteiger partial charge on any atom is 0.425 e. The summed E-state index contributed by atoms with van der Waals surface area (Å²) in [6.07, 6.45) is -1.75. The molecule has 4 aliphatic heterocycles. The maximum atomic E-state index is 14.7. The van der Waals surface area contributed by atoms with E-state index in [2.05, 4.69) is 5.10 Å². The summed E-state index contributed by atoms with van der Waals surface area (Å²) in [7, 11) is 5.29. The molecule has 0 unspecified atom stereocenters. The maximum absolute atomic E-state index is 14.7. The van der Waals surface area contributed by atoms with Gasteiger partial charge in [0.25, 0.3) is 0 Å². The third-order valence-corrected chi connectivity index (χ3v) is 13.5. The Hall–Kier alpha value is -3.93. The van der Waals surface area contributed by atoms with Gasteiger partial charge in [0.1, 0.15) is 24.2 Å². The third kappa shape index (κ3) is 8.60. The summed E-state index contributed by atoms with van der Waals surface area (Å²) in [5.41, 5.74) is -0.181. The number of methoxy groups -OCH3 is 1. The molecule has 13 atom stereocenters.